The van der Waals surface area contributed by atoms with Crippen molar-refractivity contribution in [3.63, 3.8) is 0 Å². The van der Waals surface area contributed by atoms with Crippen molar-refractivity contribution in [1.82, 2.24) is 4.98 Å². The largest absolute Gasteiger partial charge is 0.396 e. The number of hydrogen-bond donors (Lipinski definition) is 3. The summed E-state index contributed by atoms with van der Waals surface area (Å²) >= 11 is 5.73. The minimum Gasteiger partial charge on any atom is -0.396 e. The number of aliphatic hydroxyl groups is 1. The first-order valence-corrected chi connectivity index (χ1v) is 5.27. The summed E-state index contributed by atoms with van der Waals surface area (Å²) in [5, 5.41) is 12.4. The lowest BCUT2D eigenvalue weighted by Gasteiger charge is -2.12. The molecule has 0 spiro atoms. The van der Waals surface area contributed by atoms with Crippen LogP contribution in [0.2, 0.25) is 5.02 Å². The molecule has 4 nitrogen and oxygen atoms in total. The molecule has 1 aromatic rings. The first-order valence-electron chi connectivity index (χ1n) is 4.89. The topological polar surface area (TPSA) is 71.2 Å². The van der Waals surface area contributed by atoms with Gasteiger partial charge >= 0.3 is 0 Å². The highest BCUT2D eigenvalue weighted by atomic mass is 35.5. The maximum atomic E-state index is 8.74. The molecule has 0 aromatic carbocycles. The van der Waals surface area contributed by atoms with Gasteiger partial charge in [0.2, 0.25) is 0 Å². The van der Waals surface area contributed by atoms with Gasteiger partial charge < -0.3 is 16.2 Å². The van der Waals surface area contributed by atoms with Gasteiger partial charge in [0.1, 0.15) is 5.82 Å². The van der Waals surface area contributed by atoms with Crippen molar-refractivity contribution in [1.29, 1.82) is 0 Å². The Kier molecular flexibility index (Phi) is 4.65. The number of rotatable bonds is 5. The molecule has 0 aliphatic rings. The van der Waals surface area contributed by atoms with Crippen LogP contribution in [0.5, 0.6) is 0 Å². The number of aliphatic hydroxyl groups excluding tert-OH is 1. The fourth-order valence-corrected chi connectivity index (χ4v) is 1.36. The van der Waals surface area contributed by atoms with E-state index in [2.05, 4.69) is 17.2 Å². The standard InChI is InChI=1S/C10H16ClN3O/c1-7(2-3-15)5-13-10-9(12)4-8(11)6-14-10/h4,6-7,15H,2-3,5,12H2,1H3,(H,13,14). The van der Waals surface area contributed by atoms with Gasteiger partial charge in [-0.25, -0.2) is 4.98 Å². The number of nitrogens with two attached hydrogens (primary N) is 1. The minimum atomic E-state index is 0.201. The predicted octanol–water partition coefficient (Wildman–Crippen LogP) is 1.75. The van der Waals surface area contributed by atoms with Crippen LogP contribution in [-0.4, -0.2) is 23.2 Å². The molecule has 1 rings (SSSR count). The molecular formula is C10H16ClN3O. The summed E-state index contributed by atoms with van der Waals surface area (Å²) in [6.45, 7) is 2.99. The van der Waals surface area contributed by atoms with Crippen LogP contribution in [0.15, 0.2) is 12.3 Å². The fourth-order valence-electron chi connectivity index (χ4n) is 1.20. The SMILES string of the molecule is CC(CCO)CNc1ncc(Cl)cc1N. The van der Waals surface area contributed by atoms with E-state index in [1.807, 2.05) is 0 Å². The summed E-state index contributed by atoms with van der Waals surface area (Å²) in [7, 11) is 0. The van der Waals surface area contributed by atoms with Gasteiger partial charge in [0, 0.05) is 19.3 Å². The molecule has 1 heterocycles. The number of nitrogens with one attached hydrogen (secondary N) is 1. The summed E-state index contributed by atoms with van der Waals surface area (Å²) in [4.78, 5) is 4.08. The number of nitrogen functional groups attached to an aromatic ring is 1. The summed E-state index contributed by atoms with van der Waals surface area (Å²) in [6.07, 6.45) is 2.32. The predicted molar refractivity (Wildman–Crippen MR) is 63.0 cm³/mol. The van der Waals surface area contributed by atoms with E-state index in [1.54, 1.807) is 12.3 Å². The van der Waals surface area contributed by atoms with Crippen LogP contribution in [-0.2, 0) is 0 Å². The molecule has 0 aliphatic heterocycles. The van der Waals surface area contributed by atoms with Crippen LogP contribution >= 0.6 is 11.6 Å². The molecule has 15 heavy (non-hydrogen) atoms. The smallest absolute Gasteiger partial charge is 0.149 e. The van der Waals surface area contributed by atoms with E-state index in [9.17, 15) is 0 Å². The van der Waals surface area contributed by atoms with Crippen molar-refractivity contribution < 1.29 is 5.11 Å². The minimum absolute atomic E-state index is 0.201. The molecule has 4 N–H and O–H groups in total. The van der Waals surface area contributed by atoms with E-state index in [0.29, 0.717) is 22.4 Å². The molecule has 1 unspecified atom stereocenters. The number of hydrogen-bond acceptors (Lipinski definition) is 4. The molecule has 0 saturated carbocycles. The van der Waals surface area contributed by atoms with Gasteiger partial charge in [-0.3, -0.25) is 0 Å². The lowest BCUT2D eigenvalue weighted by Crippen LogP contribution is -2.14. The third-order valence-electron chi connectivity index (χ3n) is 2.12. The van der Waals surface area contributed by atoms with Gasteiger partial charge in [-0.05, 0) is 18.4 Å². The highest BCUT2D eigenvalue weighted by Gasteiger charge is 2.04. The van der Waals surface area contributed by atoms with Gasteiger partial charge in [-0.1, -0.05) is 18.5 Å². The molecular weight excluding hydrogens is 214 g/mol. The number of halogens is 1. The van der Waals surface area contributed by atoms with Crippen molar-refractivity contribution in [2.75, 3.05) is 24.2 Å². The number of pyridine rings is 1. The first-order chi connectivity index (χ1) is 7.13. The van der Waals surface area contributed by atoms with E-state index < -0.39 is 0 Å². The Hall–Kier alpha value is -1.00. The Morgan fingerprint density at radius 2 is 2.40 bits per heavy atom. The van der Waals surface area contributed by atoms with Crippen LogP contribution < -0.4 is 11.1 Å². The second kappa shape index (κ2) is 5.78. The van der Waals surface area contributed by atoms with Gasteiger partial charge in [-0.15, -0.1) is 0 Å². The molecule has 1 aromatic heterocycles. The summed E-state index contributed by atoms with van der Waals surface area (Å²) in [5.74, 6) is 1.02. The van der Waals surface area contributed by atoms with Crippen molar-refractivity contribution in [3.05, 3.63) is 17.3 Å². The van der Waals surface area contributed by atoms with E-state index in [4.69, 9.17) is 22.4 Å². The Balaban J connectivity index is 2.50. The molecule has 5 heteroatoms. The number of aromatic nitrogens is 1. The Morgan fingerprint density at radius 1 is 1.67 bits per heavy atom. The van der Waals surface area contributed by atoms with Crippen molar-refractivity contribution in [3.8, 4) is 0 Å². The van der Waals surface area contributed by atoms with E-state index in [1.165, 1.54) is 0 Å². The number of anilines is 2. The zero-order chi connectivity index (χ0) is 11.3. The van der Waals surface area contributed by atoms with Gasteiger partial charge in [-0.2, -0.15) is 0 Å². The van der Waals surface area contributed by atoms with Crippen molar-refractivity contribution in [2.45, 2.75) is 13.3 Å². The Morgan fingerprint density at radius 3 is 3.00 bits per heavy atom. The third-order valence-corrected chi connectivity index (χ3v) is 2.33. The third kappa shape index (κ3) is 3.93. The van der Waals surface area contributed by atoms with Crippen LogP contribution in [0.25, 0.3) is 0 Å². The van der Waals surface area contributed by atoms with Crippen molar-refractivity contribution in [2.24, 2.45) is 5.92 Å². The van der Waals surface area contributed by atoms with E-state index >= 15 is 0 Å². The van der Waals surface area contributed by atoms with E-state index in [-0.39, 0.29) is 6.61 Å². The first kappa shape index (κ1) is 12.1. The molecule has 1 atom stereocenters. The maximum Gasteiger partial charge on any atom is 0.149 e. The maximum absolute atomic E-state index is 8.74. The molecule has 0 amide bonds. The van der Waals surface area contributed by atoms with Crippen LogP contribution in [0.4, 0.5) is 11.5 Å². The second-order valence-corrected chi connectivity index (χ2v) is 4.03. The zero-order valence-corrected chi connectivity index (χ0v) is 9.46. The van der Waals surface area contributed by atoms with Crippen molar-refractivity contribution >= 4 is 23.1 Å². The van der Waals surface area contributed by atoms with Gasteiger partial charge in [0.15, 0.2) is 0 Å². The Labute approximate surface area is 94.5 Å². The molecule has 0 aliphatic carbocycles. The summed E-state index contributed by atoms with van der Waals surface area (Å²) < 4.78 is 0. The Bertz CT molecular complexity index is 320. The lowest BCUT2D eigenvalue weighted by atomic mass is 10.1. The quantitative estimate of drug-likeness (QED) is 0.720. The average Bonchev–Trinajstić information content (AvgIpc) is 2.17. The summed E-state index contributed by atoms with van der Waals surface area (Å²) in [5.41, 5.74) is 6.26. The van der Waals surface area contributed by atoms with E-state index in [0.717, 1.165) is 13.0 Å². The zero-order valence-electron chi connectivity index (χ0n) is 8.70. The highest BCUT2D eigenvalue weighted by Crippen LogP contribution is 2.19. The second-order valence-electron chi connectivity index (χ2n) is 3.59. The normalized spacial score (nSPS) is 12.5. The summed E-state index contributed by atoms with van der Waals surface area (Å²) in [6, 6.07) is 1.66. The molecule has 0 bridgehead atoms. The fraction of sp³-hybridized carbons (Fsp3) is 0.500. The van der Waals surface area contributed by atoms with Crippen LogP contribution in [0.1, 0.15) is 13.3 Å². The monoisotopic (exact) mass is 229 g/mol. The van der Waals surface area contributed by atoms with Gasteiger partial charge in [0.25, 0.3) is 0 Å². The molecule has 0 radical (unpaired) electrons. The lowest BCUT2D eigenvalue weighted by molar-refractivity contribution is 0.266. The molecule has 0 saturated heterocycles. The average molecular weight is 230 g/mol. The van der Waals surface area contributed by atoms with Crippen LogP contribution in [0.3, 0.4) is 0 Å². The molecule has 0 fully saturated rings. The van der Waals surface area contributed by atoms with Crippen LogP contribution in [0, 0.1) is 5.92 Å². The number of nitrogens with zero attached hydrogens (tertiary/aromatic N) is 1. The highest BCUT2D eigenvalue weighted by molar-refractivity contribution is 6.30. The van der Waals surface area contributed by atoms with Gasteiger partial charge in [0.05, 0.1) is 10.7 Å². The molecule has 84 valence electrons.